The normalized spacial score (nSPS) is 13.1. The first-order chi connectivity index (χ1) is 8.15. The molecule has 0 heterocycles. The van der Waals surface area contributed by atoms with Crippen molar-refractivity contribution in [2.75, 3.05) is 6.54 Å². The number of hydrogen-bond acceptors (Lipinski definition) is 1. The molecule has 3 heteroatoms. The minimum atomic E-state index is -0.335. The van der Waals surface area contributed by atoms with Crippen LogP contribution in [-0.2, 0) is 0 Å². The van der Waals surface area contributed by atoms with E-state index in [0.717, 1.165) is 24.9 Å². The minimum Gasteiger partial charge on any atom is -0.310 e. The van der Waals surface area contributed by atoms with Crippen LogP contribution in [0.25, 0.3) is 0 Å². The van der Waals surface area contributed by atoms with E-state index in [1.54, 1.807) is 6.07 Å². The van der Waals surface area contributed by atoms with Gasteiger partial charge in [0.25, 0.3) is 0 Å². The van der Waals surface area contributed by atoms with Gasteiger partial charge >= 0.3 is 0 Å². The summed E-state index contributed by atoms with van der Waals surface area (Å²) in [5.41, 5.74) is 0.877. The lowest BCUT2D eigenvalue weighted by molar-refractivity contribution is 0.346. The molecule has 0 spiro atoms. The summed E-state index contributed by atoms with van der Waals surface area (Å²) in [5.74, 6) is 0.146. The number of nitrogens with one attached hydrogen (secondary N) is 1. The van der Waals surface area contributed by atoms with Gasteiger partial charge in [0.15, 0.2) is 0 Å². The maximum Gasteiger partial charge on any atom is 0.142 e. The van der Waals surface area contributed by atoms with Crippen molar-refractivity contribution in [3.63, 3.8) is 0 Å². The fraction of sp³-hybridized carbons (Fsp3) is 0.571. The largest absolute Gasteiger partial charge is 0.310 e. The van der Waals surface area contributed by atoms with Gasteiger partial charge in [0.1, 0.15) is 5.82 Å². The van der Waals surface area contributed by atoms with Crippen LogP contribution in [0.15, 0.2) is 18.2 Å². The summed E-state index contributed by atoms with van der Waals surface area (Å²) in [6, 6.07) is 5.18. The maximum absolute atomic E-state index is 13.5. The molecule has 0 aliphatic carbocycles. The van der Waals surface area contributed by atoms with Crippen LogP contribution in [0.2, 0.25) is 5.02 Å². The Morgan fingerprint density at radius 3 is 2.41 bits per heavy atom. The number of halogens is 2. The maximum atomic E-state index is 13.5. The monoisotopic (exact) mass is 257 g/mol. The van der Waals surface area contributed by atoms with Gasteiger partial charge in [-0.1, -0.05) is 57.3 Å². The molecule has 1 unspecified atom stereocenters. The van der Waals surface area contributed by atoms with Gasteiger partial charge in [-0.2, -0.15) is 0 Å². The third-order valence-corrected chi connectivity index (χ3v) is 3.66. The van der Waals surface area contributed by atoms with Crippen molar-refractivity contribution in [1.82, 2.24) is 5.32 Å². The van der Waals surface area contributed by atoms with Gasteiger partial charge in [-0.25, -0.2) is 4.39 Å². The van der Waals surface area contributed by atoms with E-state index in [0.29, 0.717) is 5.92 Å². The van der Waals surface area contributed by atoms with Crippen molar-refractivity contribution in [1.29, 1.82) is 0 Å². The second-order valence-electron chi connectivity index (χ2n) is 4.25. The van der Waals surface area contributed by atoms with Crippen LogP contribution >= 0.6 is 11.6 Å². The average Bonchev–Trinajstić information content (AvgIpc) is 2.33. The van der Waals surface area contributed by atoms with Crippen molar-refractivity contribution in [3.8, 4) is 0 Å². The fourth-order valence-corrected chi connectivity index (χ4v) is 2.51. The van der Waals surface area contributed by atoms with Crippen LogP contribution in [0.4, 0.5) is 4.39 Å². The molecule has 1 nitrogen and oxygen atoms in total. The predicted molar refractivity (Wildman–Crippen MR) is 71.9 cm³/mol. The smallest absolute Gasteiger partial charge is 0.142 e. The first-order valence-corrected chi connectivity index (χ1v) is 6.70. The molecule has 0 aromatic heterocycles. The Hall–Kier alpha value is -0.600. The number of benzene rings is 1. The van der Waals surface area contributed by atoms with E-state index in [1.165, 1.54) is 6.07 Å². The van der Waals surface area contributed by atoms with E-state index >= 15 is 0 Å². The highest BCUT2D eigenvalue weighted by atomic mass is 35.5. The van der Waals surface area contributed by atoms with E-state index in [-0.39, 0.29) is 16.9 Å². The van der Waals surface area contributed by atoms with Gasteiger partial charge in [0.05, 0.1) is 5.02 Å². The Labute approximate surface area is 108 Å². The van der Waals surface area contributed by atoms with E-state index in [4.69, 9.17) is 11.6 Å². The van der Waals surface area contributed by atoms with Gasteiger partial charge in [-0.3, -0.25) is 0 Å². The summed E-state index contributed by atoms with van der Waals surface area (Å²) in [7, 11) is 0. The Morgan fingerprint density at radius 2 is 1.88 bits per heavy atom. The molecule has 0 amide bonds. The minimum absolute atomic E-state index is 0.137. The van der Waals surface area contributed by atoms with Gasteiger partial charge in [-0.15, -0.1) is 0 Å². The second kappa shape index (κ2) is 6.97. The molecule has 0 aliphatic rings. The van der Waals surface area contributed by atoms with Crippen molar-refractivity contribution < 1.29 is 4.39 Å². The average molecular weight is 258 g/mol. The van der Waals surface area contributed by atoms with Crippen molar-refractivity contribution in [2.45, 2.75) is 39.7 Å². The summed E-state index contributed by atoms with van der Waals surface area (Å²) >= 11 is 6.07. The first-order valence-electron chi connectivity index (χ1n) is 6.32. The van der Waals surface area contributed by atoms with Crippen molar-refractivity contribution in [3.05, 3.63) is 34.6 Å². The Balaban J connectivity index is 3.08. The molecule has 1 aromatic carbocycles. The van der Waals surface area contributed by atoms with Gasteiger partial charge in [0, 0.05) is 6.04 Å². The standard InChI is InChI=1S/C14H21ClFN/c1-4-10(5-2)14(17-6-3)11-8-7-9-12(16)13(11)15/h7-10,14,17H,4-6H2,1-3H3. The van der Waals surface area contributed by atoms with E-state index in [1.807, 2.05) is 6.07 Å². The molecular formula is C14H21ClFN. The third-order valence-electron chi connectivity index (χ3n) is 3.26. The summed E-state index contributed by atoms with van der Waals surface area (Å²) in [6.07, 6.45) is 2.11. The van der Waals surface area contributed by atoms with E-state index < -0.39 is 0 Å². The summed E-state index contributed by atoms with van der Waals surface area (Å²) in [6.45, 7) is 7.23. The lowest BCUT2D eigenvalue weighted by Gasteiger charge is -2.27. The van der Waals surface area contributed by atoms with Crippen molar-refractivity contribution in [2.24, 2.45) is 5.92 Å². The molecule has 0 fully saturated rings. The van der Waals surface area contributed by atoms with Crippen molar-refractivity contribution >= 4 is 11.6 Å². The first kappa shape index (κ1) is 14.5. The molecule has 0 bridgehead atoms. The number of rotatable bonds is 6. The quantitative estimate of drug-likeness (QED) is 0.787. The molecule has 17 heavy (non-hydrogen) atoms. The van der Waals surface area contributed by atoms with Crippen LogP contribution < -0.4 is 5.32 Å². The highest BCUT2D eigenvalue weighted by Crippen LogP contribution is 2.33. The molecule has 1 rings (SSSR count). The lowest BCUT2D eigenvalue weighted by Crippen LogP contribution is -2.28. The lowest BCUT2D eigenvalue weighted by atomic mass is 9.88. The van der Waals surface area contributed by atoms with Gasteiger partial charge in [-0.05, 0) is 24.1 Å². The van der Waals surface area contributed by atoms with Crippen LogP contribution in [0.3, 0.4) is 0 Å². The Kier molecular flexibility index (Phi) is 5.93. The Morgan fingerprint density at radius 1 is 1.24 bits per heavy atom. The van der Waals surface area contributed by atoms with Gasteiger partial charge in [0.2, 0.25) is 0 Å². The molecule has 0 aliphatic heterocycles. The summed E-state index contributed by atoms with van der Waals surface area (Å²) < 4.78 is 13.5. The molecule has 1 atom stereocenters. The van der Waals surface area contributed by atoms with Gasteiger partial charge < -0.3 is 5.32 Å². The third kappa shape index (κ3) is 3.43. The highest BCUT2D eigenvalue weighted by molar-refractivity contribution is 6.31. The molecule has 1 aromatic rings. The molecule has 0 saturated heterocycles. The zero-order chi connectivity index (χ0) is 12.8. The van der Waals surface area contributed by atoms with E-state index in [2.05, 4.69) is 26.1 Å². The molecular weight excluding hydrogens is 237 g/mol. The fourth-order valence-electron chi connectivity index (χ4n) is 2.27. The molecule has 0 radical (unpaired) electrons. The molecule has 1 N–H and O–H groups in total. The number of hydrogen-bond donors (Lipinski definition) is 1. The summed E-state index contributed by atoms with van der Waals surface area (Å²) in [4.78, 5) is 0. The van der Waals surface area contributed by atoms with E-state index in [9.17, 15) is 4.39 Å². The Bertz CT molecular complexity index is 350. The van der Waals surface area contributed by atoms with Crippen LogP contribution in [0.5, 0.6) is 0 Å². The zero-order valence-electron chi connectivity index (χ0n) is 10.8. The summed E-state index contributed by atoms with van der Waals surface area (Å²) in [5, 5.41) is 3.67. The molecule has 0 saturated carbocycles. The SMILES string of the molecule is CCNC(c1cccc(F)c1Cl)C(CC)CC. The topological polar surface area (TPSA) is 12.0 Å². The van der Waals surface area contributed by atoms with Crippen LogP contribution in [-0.4, -0.2) is 6.54 Å². The second-order valence-corrected chi connectivity index (χ2v) is 4.63. The van der Waals surface area contributed by atoms with Crippen LogP contribution in [0.1, 0.15) is 45.2 Å². The zero-order valence-corrected chi connectivity index (χ0v) is 11.5. The highest BCUT2D eigenvalue weighted by Gasteiger charge is 2.22. The van der Waals surface area contributed by atoms with Crippen LogP contribution in [0, 0.1) is 11.7 Å². The molecule has 96 valence electrons. The predicted octanol–water partition coefficient (Wildman–Crippen LogP) is 4.57.